The fraction of sp³-hybridized carbons (Fsp3) is 0.368. The smallest absolute Gasteiger partial charge is 0.221 e. The Labute approximate surface area is 153 Å². The Hall–Kier alpha value is -2.34. The standard InChI is InChI=1S/C19H26N4OS/c1-3-20-19(22-13-11-18-5-4-14-25-18)21-12-10-16-6-8-17(9-7-16)23-15(2)24/h4-9,14H,3,10-13H2,1-2H3,(H,23,24)(H2,20,21,22). The van der Waals surface area contributed by atoms with E-state index in [0.717, 1.165) is 44.1 Å². The lowest BCUT2D eigenvalue weighted by molar-refractivity contribution is -0.114. The zero-order chi connectivity index (χ0) is 17.9. The summed E-state index contributed by atoms with van der Waals surface area (Å²) in [5, 5.41) is 11.5. The summed E-state index contributed by atoms with van der Waals surface area (Å²) in [5.74, 6) is 0.803. The van der Waals surface area contributed by atoms with Crippen LogP contribution in [0.15, 0.2) is 46.8 Å². The van der Waals surface area contributed by atoms with Gasteiger partial charge in [0.2, 0.25) is 5.91 Å². The van der Waals surface area contributed by atoms with E-state index in [-0.39, 0.29) is 5.91 Å². The molecule has 0 radical (unpaired) electrons. The van der Waals surface area contributed by atoms with Crippen molar-refractivity contribution in [3.63, 3.8) is 0 Å². The van der Waals surface area contributed by atoms with Crippen molar-refractivity contribution in [2.75, 3.05) is 25.0 Å². The van der Waals surface area contributed by atoms with Gasteiger partial charge in [-0.2, -0.15) is 0 Å². The van der Waals surface area contributed by atoms with Gasteiger partial charge in [0.15, 0.2) is 5.96 Å². The molecule has 3 N–H and O–H groups in total. The van der Waals surface area contributed by atoms with E-state index in [9.17, 15) is 4.79 Å². The highest BCUT2D eigenvalue weighted by atomic mass is 32.1. The van der Waals surface area contributed by atoms with Crippen LogP contribution in [0.25, 0.3) is 0 Å². The lowest BCUT2D eigenvalue weighted by Crippen LogP contribution is -2.38. The molecule has 25 heavy (non-hydrogen) atoms. The van der Waals surface area contributed by atoms with Crippen molar-refractivity contribution >= 4 is 28.9 Å². The summed E-state index contributed by atoms with van der Waals surface area (Å²) in [6.45, 7) is 6.01. The van der Waals surface area contributed by atoms with Crippen LogP contribution in [0, 0.1) is 0 Å². The predicted octanol–water partition coefficient (Wildman–Crippen LogP) is 3.05. The largest absolute Gasteiger partial charge is 0.357 e. The topological polar surface area (TPSA) is 65.5 Å². The monoisotopic (exact) mass is 358 g/mol. The van der Waals surface area contributed by atoms with Crippen molar-refractivity contribution in [1.82, 2.24) is 10.6 Å². The minimum Gasteiger partial charge on any atom is -0.357 e. The van der Waals surface area contributed by atoms with Crippen molar-refractivity contribution in [3.8, 4) is 0 Å². The normalized spacial score (nSPS) is 11.2. The van der Waals surface area contributed by atoms with Crippen LogP contribution in [0.5, 0.6) is 0 Å². The van der Waals surface area contributed by atoms with Crippen LogP contribution in [-0.2, 0) is 17.6 Å². The first-order valence-corrected chi connectivity index (χ1v) is 9.46. The Bertz CT molecular complexity index is 665. The van der Waals surface area contributed by atoms with Crippen molar-refractivity contribution in [1.29, 1.82) is 0 Å². The fourth-order valence-electron chi connectivity index (χ4n) is 2.36. The molecule has 0 saturated heterocycles. The Morgan fingerprint density at radius 2 is 1.92 bits per heavy atom. The van der Waals surface area contributed by atoms with E-state index >= 15 is 0 Å². The lowest BCUT2D eigenvalue weighted by Gasteiger charge is -2.11. The number of hydrogen-bond acceptors (Lipinski definition) is 3. The maximum Gasteiger partial charge on any atom is 0.221 e. The van der Waals surface area contributed by atoms with Gasteiger partial charge in [-0.3, -0.25) is 9.79 Å². The second-order valence-electron chi connectivity index (χ2n) is 5.64. The van der Waals surface area contributed by atoms with Gasteiger partial charge < -0.3 is 16.0 Å². The summed E-state index contributed by atoms with van der Waals surface area (Å²) in [5.41, 5.74) is 2.05. The van der Waals surface area contributed by atoms with E-state index in [1.54, 1.807) is 11.3 Å². The van der Waals surface area contributed by atoms with Gasteiger partial charge in [-0.05, 0) is 42.5 Å². The van der Waals surface area contributed by atoms with Gasteiger partial charge in [-0.1, -0.05) is 18.2 Å². The molecule has 6 heteroatoms. The van der Waals surface area contributed by atoms with Crippen LogP contribution in [0.2, 0.25) is 0 Å². The van der Waals surface area contributed by atoms with Crippen LogP contribution < -0.4 is 16.0 Å². The van der Waals surface area contributed by atoms with Gasteiger partial charge in [-0.25, -0.2) is 0 Å². The summed E-state index contributed by atoms with van der Waals surface area (Å²) in [6.07, 6.45) is 1.87. The van der Waals surface area contributed by atoms with Gasteiger partial charge in [0.05, 0.1) is 0 Å². The average Bonchev–Trinajstić information content (AvgIpc) is 3.09. The Morgan fingerprint density at radius 3 is 2.56 bits per heavy atom. The number of carbonyl (C=O) groups excluding carboxylic acids is 1. The molecule has 1 aromatic carbocycles. The molecule has 2 rings (SSSR count). The van der Waals surface area contributed by atoms with Gasteiger partial charge in [0, 0.05) is 43.5 Å². The summed E-state index contributed by atoms with van der Waals surface area (Å²) in [4.78, 5) is 17.0. The second-order valence-corrected chi connectivity index (χ2v) is 6.68. The maximum atomic E-state index is 11.0. The van der Waals surface area contributed by atoms with Crippen LogP contribution in [0.3, 0.4) is 0 Å². The predicted molar refractivity (Wildman–Crippen MR) is 106 cm³/mol. The Balaban J connectivity index is 1.77. The quantitative estimate of drug-likeness (QED) is 0.502. The highest BCUT2D eigenvalue weighted by molar-refractivity contribution is 7.09. The summed E-state index contributed by atoms with van der Waals surface area (Å²) < 4.78 is 0. The van der Waals surface area contributed by atoms with E-state index in [1.807, 2.05) is 24.3 Å². The fourth-order valence-corrected chi connectivity index (χ4v) is 3.06. The molecule has 0 bridgehead atoms. The molecule has 5 nitrogen and oxygen atoms in total. The van der Waals surface area contributed by atoms with Crippen molar-refractivity contribution in [2.45, 2.75) is 26.7 Å². The second kappa shape index (κ2) is 10.5. The summed E-state index contributed by atoms with van der Waals surface area (Å²) >= 11 is 1.77. The molecule has 1 heterocycles. The van der Waals surface area contributed by atoms with Crippen molar-refractivity contribution in [3.05, 3.63) is 52.2 Å². The SMILES string of the molecule is CCNC(=NCCc1cccs1)NCCc1ccc(NC(C)=O)cc1. The number of carbonyl (C=O) groups is 1. The molecular formula is C19H26N4OS. The first-order chi connectivity index (χ1) is 12.2. The molecule has 0 aliphatic heterocycles. The third kappa shape index (κ3) is 7.39. The number of anilines is 1. The lowest BCUT2D eigenvalue weighted by atomic mass is 10.1. The van der Waals surface area contributed by atoms with Gasteiger partial charge in [-0.15, -0.1) is 11.3 Å². The third-order valence-corrected chi connectivity index (χ3v) is 4.47. The Morgan fingerprint density at radius 1 is 1.12 bits per heavy atom. The maximum absolute atomic E-state index is 11.0. The van der Waals surface area contributed by atoms with Crippen LogP contribution in [0.4, 0.5) is 5.69 Å². The van der Waals surface area contributed by atoms with E-state index in [2.05, 4.69) is 45.4 Å². The van der Waals surface area contributed by atoms with Gasteiger partial charge in [0.25, 0.3) is 0 Å². The molecule has 0 aliphatic carbocycles. The number of nitrogens with zero attached hydrogens (tertiary/aromatic N) is 1. The number of aliphatic imine (C=N–C) groups is 1. The molecular weight excluding hydrogens is 332 g/mol. The van der Waals surface area contributed by atoms with Crippen molar-refractivity contribution in [2.24, 2.45) is 4.99 Å². The zero-order valence-electron chi connectivity index (χ0n) is 14.8. The molecule has 0 unspecified atom stereocenters. The molecule has 0 saturated carbocycles. The zero-order valence-corrected chi connectivity index (χ0v) is 15.7. The molecule has 0 fully saturated rings. The highest BCUT2D eigenvalue weighted by Gasteiger charge is 2.00. The van der Waals surface area contributed by atoms with Gasteiger partial charge >= 0.3 is 0 Å². The van der Waals surface area contributed by atoms with E-state index < -0.39 is 0 Å². The molecule has 1 amide bonds. The van der Waals surface area contributed by atoms with Gasteiger partial charge in [0.1, 0.15) is 0 Å². The molecule has 0 atom stereocenters. The van der Waals surface area contributed by atoms with Crippen LogP contribution in [0.1, 0.15) is 24.3 Å². The molecule has 1 aromatic heterocycles. The van der Waals surface area contributed by atoms with Crippen molar-refractivity contribution < 1.29 is 4.79 Å². The Kier molecular flexibility index (Phi) is 7.98. The molecule has 2 aromatic rings. The molecule has 0 spiro atoms. The first kappa shape index (κ1) is 19.0. The van der Waals surface area contributed by atoms with E-state index in [0.29, 0.717) is 0 Å². The third-order valence-electron chi connectivity index (χ3n) is 3.53. The van der Waals surface area contributed by atoms with Crippen LogP contribution in [-0.4, -0.2) is 31.5 Å². The number of nitrogens with one attached hydrogen (secondary N) is 3. The summed E-state index contributed by atoms with van der Waals surface area (Å²) in [7, 11) is 0. The highest BCUT2D eigenvalue weighted by Crippen LogP contribution is 2.10. The minimum absolute atomic E-state index is 0.0524. The number of hydrogen-bond donors (Lipinski definition) is 3. The number of amides is 1. The molecule has 134 valence electrons. The minimum atomic E-state index is -0.0524. The van der Waals surface area contributed by atoms with E-state index in [1.165, 1.54) is 17.4 Å². The average molecular weight is 359 g/mol. The first-order valence-electron chi connectivity index (χ1n) is 8.58. The van der Waals surface area contributed by atoms with Crippen LogP contribution >= 0.6 is 11.3 Å². The molecule has 0 aliphatic rings. The number of guanidine groups is 1. The van der Waals surface area contributed by atoms with E-state index in [4.69, 9.17) is 0 Å². The number of thiophene rings is 1. The number of benzene rings is 1. The number of rotatable bonds is 8. The summed E-state index contributed by atoms with van der Waals surface area (Å²) in [6, 6.07) is 12.1.